The van der Waals surface area contributed by atoms with Crippen molar-refractivity contribution in [3.63, 3.8) is 0 Å². The third kappa shape index (κ3) is 3.33. The fraction of sp³-hybridized carbons (Fsp3) is 0.0667. The monoisotopic (exact) mass is 407 g/mol. The summed E-state index contributed by atoms with van der Waals surface area (Å²) < 4.78 is 8.25. The molecule has 0 aliphatic rings. The van der Waals surface area contributed by atoms with Crippen LogP contribution in [0.1, 0.15) is 5.56 Å². The highest BCUT2D eigenvalue weighted by molar-refractivity contribution is 9.10. The van der Waals surface area contributed by atoms with Crippen LogP contribution in [0.2, 0.25) is 0 Å². The van der Waals surface area contributed by atoms with Gasteiger partial charge in [-0.3, -0.25) is 0 Å². The highest BCUT2D eigenvalue weighted by atomic mass is 79.9. The molecule has 0 saturated heterocycles. The predicted molar refractivity (Wildman–Crippen MR) is 88.2 cm³/mol. The Hall–Kier alpha value is -1.66. The minimum Gasteiger partial charge on any atom is -0.422 e. The highest BCUT2D eigenvalue weighted by Crippen LogP contribution is 2.29. The molecule has 106 valence electrons. The molecule has 4 nitrogen and oxygen atoms in total. The van der Waals surface area contributed by atoms with Gasteiger partial charge in [0.1, 0.15) is 12.1 Å². The molecule has 0 N–H and O–H groups in total. The molecular weight excluding hydrogens is 398 g/mol. The smallest absolute Gasteiger partial charge is 0.341 e. The van der Waals surface area contributed by atoms with E-state index in [1.165, 1.54) is 0 Å². The number of hydrogen-bond acceptors (Lipinski definition) is 3. The molecule has 21 heavy (non-hydrogen) atoms. The fourth-order valence-electron chi connectivity index (χ4n) is 1.81. The molecule has 0 radical (unpaired) electrons. The van der Waals surface area contributed by atoms with E-state index in [0.29, 0.717) is 11.8 Å². The first kappa shape index (κ1) is 14.3. The maximum atomic E-state index is 5.71. The lowest BCUT2D eigenvalue weighted by atomic mass is 10.2. The minimum atomic E-state index is 0.311. The Kier molecular flexibility index (Phi) is 4.36. The van der Waals surface area contributed by atoms with Gasteiger partial charge in [0, 0.05) is 5.33 Å². The van der Waals surface area contributed by atoms with Gasteiger partial charge in [-0.05, 0) is 45.8 Å². The van der Waals surface area contributed by atoms with Gasteiger partial charge in [0.2, 0.25) is 0 Å². The number of ether oxygens (including phenoxy) is 1. The van der Waals surface area contributed by atoms with Crippen molar-refractivity contribution < 1.29 is 4.74 Å². The minimum absolute atomic E-state index is 0.311. The van der Waals surface area contributed by atoms with Gasteiger partial charge in [0.05, 0.1) is 10.2 Å². The number of hydrogen-bond donors (Lipinski definition) is 0. The fourth-order valence-corrected chi connectivity index (χ4v) is 2.66. The van der Waals surface area contributed by atoms with Crippen LogP contribution in [-0.4, -0.2) is 14.8 Å². The summed E-state index contributed by atoms with van der Waals surface area (Å²) in [5.41, 5.74) is 2.10. The van der Waals surface area contributed by atoms with E-state index in [-0.39, 0.29) is 0 Å². The number of rotatable bonds is 4. The molecule has 0 fully saturated rings. The van der Waals surface area contributed by atoms with Crippen molar-refractivity contribution in [2.45, 2.75) is 5.33 Å². The first-order chi connectivity index (χ1) is 10.3. The van der Waals surface area contributed by atoms with E-state index < -0.39 is 0 Å². The molecule has 0 saturated carbocycles. The van der Waals surface area contributed by atoms with Gasteiger partial charge in [-0.15, -0.1) is 5.10 Å². The zero-order chi connectivity index (χ0) is 14.7. The van der Waals surface area contributed by atoms with Crippen LogP contribution in [0.15, 0.2) is 59.3 Å². The average Bonchev–Trinajstić information content (AvgIpc) is 2.99. The second-order valence-electron chi connectivity index (χ2n) is 4.31. The summed E-state index contributed by atoms with van der Waals surface area (Å²) in [6.45, 7) is 0. The van der Waals surface area contributed by atoms with Crippen molar-refractivity contribution in [3.8, 4) is 17.4 Å². The Balaban J connectivity index is 1.82. The molecule has 0 spiro atoms. The number of benzene rings is 2. The van der Waals surface area contributed by atoms with Crippen molar-refractivity contribution in [1.29, 1.82) is 0 Å². The second-order valence-corrected chi connectivity index (χ2v) is 5.72. The average molecular weight is 409 g/mol. The molecule has 3 aromatic rings. The zero-order valence-electron chi connectivity index (χ0n) is 10.9. The zero-order valence-corrected chi connectivity index (χ0v) is 14.1. The summed E-state index contributed by atoms with van der Waals surface area (Å²) >= 11 is 6.91. The van der Waals surface area contributed by atoms with E-state index in [0.717, 1.165) is 21.1 Å². The summed E-state index contributed by atoms with van der Waals surface area (Å²) in [6, 6.07) is 16.0. The molecule has 6 heteroatoms. The van der Waals surface area contributed by atoms with E-state index in [4.69, 9.17) is 4.74 Å². The molecule has 1 aromatic heterocycles. The van der Waals surface area contributed by atoms with E-state index >= 15 is 0 Å². The van der Waals surface area contributed by atoms with Gasteiger partial charge in [0.25, 0.3) is 0 Å². The Morgan fingerprint density at radius 1 is 1.10 bits per heavy atom. The van der Waals surface area contributed by atoms with Crippen molar-refractivity contribution in [1.82, 2.24) is 14.8 Å². The lowest BCUT2D eigenvalue weighted by Gasteiger charge is -2.05. The van der Waals surface area contributed by atoms with E-state index in [1.54, 1.807) is 11.0 Å². The van der Waals surface area contributed by atoms with Gasteiger partial charge in [-0.25, -0.2) is 4.68 Å². The van der Waals surface area contributed by atoms with Crippen molar-refractivity contribution in [3.05, 3.63) is 64.9 Å². The molecule has 0 aliphatic heterocycles. The van der Waals surface area contributed by atoms with Crippen LogP contribution in [0.25, 0.3) is 5.69 Å². The summed E-state index contributed by atoms with van der Waals surface area (Å²) in [6.07, 6.45) is 1.63. The highest BCUT2D eigenvalue weighted by Gasteiger charge is 2.08. The van der Waals surface area contributed by atoms with Crippen LogP contribution in [0, 0.1) is 0 Å². The Morgan fingerprint density at radius 2 is 1.90 bits per heavy atom. The standard InChI is InChI=1S/C15H11Br2N3O/c16-9-11-6-7-14(13(17)8-11)21-15-18-10-20(19-15)12-4-2-1-3-5-12/h1-8,10H,9H2. The van der Waals surface area contributed by atoms with Crippen LogP contribution >= 0.6 is 31.9 Å². The maximum Gasteiger partial charge on any atom is 0.341 e. The largest absolute Gasteiger partial charge is 0.422 e. The van der Waals surface area contributed by atoms with Gasteiger partial charge in [0.15, 0.2) is 0 Å². The van der Waals surface area contributed by atoms with Crippen molar-refractivity contribution in [2.75, 3.05) is 0 Å². The lowest BCUT2D eigenvalue weighted by molar-refractivity contribution is 0.439. The van der Waals surface area contributed by atoms with Crippen molar-refractivity contribution >= 4 is 31.9 Å². The SMILES string of the molecule is BrCc1ccc(Oc2ncn(-c3ccccc3)n2)c(Br)c1. The van der Waals surface area contributed by atoms with Gasteiger partial charge >= 0.3 is 6.01 Å². The van der Waals surface area contributed by atoms with Gasteiger partial charge < -0.3 is 4.74 Å². The van der Waals surface area contributed by atoms with E-state index in [1.807, 2.05) is 48.5 Å². The number of nitrogens with zero attached hydrogens (tertiary/aromatic N) is 3. The molecule has 0 atom stereocenters. The Morgan fingerprint density at radius 3 is 2.62 bits per heavy atom. The molecule has 1 heterocycles. The van der Waals surface area contributed by atoms with Crippen LogP contribution in [-0.2, 0) is 5.33 Å². The summed E-state index contributed by atoms with van der Waals surface area (Å²) in [7, 11) is 0. The Labute approximate surface area is 139 Å². The predicted octanol–water partition coefficient (Wildman–Crippen LogP) is 4.72. The molecule has 0 aliphatic carbocycles. The van der Waals surface area contributed by atoms with Gasteiger partial charge in [-0.1, -0.05) is 40.2 Å². The molecule has 3 rings (SSSR count). The topological polar surface area (TPSA) is 39.9 Å². The van der Waals surface area contributed by atoms with Crippen molar-refractivity contribution in [2.24, 2.45) is 0 Å². The summed E-state index contributed by atoms with van der Waals surface area (Å²) in [4.78, 5) is 4.17. The quantitative estimate of drug-likeness (QED) is 0.586. The first-order valence-electron chi connectivity index (χ1n) is 6.25. The molecule has 0 unspecified atom stereocenters. The van der Waals surface area contributed by atoms with Crippen LogP contribution in [0.5, 0.6) is 11.8 Å². The number of para-hydroxylation sites is 1. The summed E-state index contributed by atoms with van der Waals surface area (Å²) in [5.74, 6) is 0.686. The number of aromatic nitrogens is 3. The lowest BCUT2D eigenvalue weighted by Crippen LogP contribution is -1.95. The third-order valence-electron chi connectivity index (χ3n) is 2.84. The number of halogens is 2. The summed E-state index contributed by atoms with van der Waals surface area (Å²) in [5, 5.41) is 5.11. The molecular formula is C15H11Br2N3O. The normalized spacial score (nSPS) is 10.6. The van der Waals surface area contributed by atoms with E-state index in [9.17, 15) is 0 Å². The van der Waals surface area contributed by atoms with Gasteiger partial charge in [-0.2, -0.15) is 4.98 Å². The molecule has 2 aromatic carbocycles. The first-order valence-corrected chi connectivity index (χ1v) is 8.17. The Bertz CT molecular complexity index is 744. The molecule has 0 bridgehead atoms. The van der Waals surface area contributed by atoms with Crippen LogP contribution < -0.4 is 4.74 Å². The van der Waals surface area contributed by atoms with E-state index in [2.05, 4.69) is 41.9 Å². The number of alkyl halides is 1. The third-order valence-corrected chi connectivity index (χ3v) is 4.11. The second kappa shape index (κ2) is 6.41. The maximum absolute atomic E-state index is 5.71. The van der Waals surface area contributed by atoms with Crippen LogP contribution in [0.3, 0.4) is 0 Å². The van der Waals surface area contributed by atoms with Crippen LogP contribution in [0.4, 0.5) is 0 Å². The molecule has 0 amide bonds.